The van der Waals surface area contributed by atoms with Crippen molar-refractivity contribution in [1.82, 2.24) is 14.7 Å². The number of carbonyl (C=O) groups is 3. The Kier molecular flexibility index (Phi) is 7.43. The first kappa shape index (κ1) is 26.5. The van der Waals surface area contributed by atoms with E-state index in [9.17, 15) is 32.7 Å². The number of halogens is 4. The predicted molar refractivity (Wildman–Crippen MR) is 126 cm³/mol. The SMILES string of the molecule is C[C@H]1C(=O)N(CCCC(=O)N2CCC3(CC3)[C@H](O)C2)CCN1C(=O)Nc1ccc(C(F)(F)F)c(Cl)c1. The highest BCUT2D eigenvalue weighted by Gasteiger charge is 2.51. The predicted octanol–water partition coefficient (Wildman–Crippen LogP) is 3.58. The minimum absolute atomic E-state index is 0.0294. The summed E-state index contributed by atoms with van der Waals surface area (Å²) in [5, 5.41) is 12.3. The number of nitrogens with zero attached hydrogens (tertiary/aromatic N) is 3. The first-order valence-corrected chi connectivity index (χ1v) is 12.5. The molecule has 1 spiro atoms. The third-order valence-electron chi connectivity index (χ3n) is 7.58. The maximum atomic E-state index is 12.9. The van der Waals surface area contributed by atoms with Gasteiger partial charge in [-0.3, -0.25) is 9.59 Å². The maximum Gasteiger partial charge on any atom is 0.417 e. The Labute approximate surface area is 212 Å². The van der Waals surface area contributed by atoms with Crippen LogP contribution in [0, 0.1) is 5.41 Å². The van der Waals surface area contributed by atoms with Gasteiger partial charge < -0.3 is 25.1 Å². The van der Waals surface area contributed by atoms with Gasteiger partial charge in [-0.2, -0.15) is 13.2 Å². The smallest absolute Gasteiger partial charge is 0.391 e. The summed E-state index contributed by atoms with van der Waals surface area (Å²) in [7, 11) is 0. The number of likely N-dealkylation sites (tertiary alicyclic amines) is 1. The number of aliphatic hydroxyl groups is 1. The van der Waals surface area contributed by atoms with E-state index in [-0.39, 0.29) is 42.4 Å². The first-order valence-electron chi connectivity index (χ1n) is 12.1. The summed E-state index contributed by atoms with van der Waals surface area (Å²) in [5.74, 6) is -0.295. The number of piperazine rings is 1. The van der Waals surface area contributed by atoms with Crippen molar-refractivity contribution in [2.75, 3.05) is 38.0 Å². The van der Waals surface area contributed by atoms with Crippen molar-refractivity contribution in [3.05, 3.63) is 28.8 Å². The number of carbonyl (C=O) groups excluding carboxylic acids is 3. The monoisotopic (exact) mass is 530 g/mol. The lowest BCUT2D eigenvalue weighted by Crippen LogP contribution is -2.58. The molecule has 3 aliphatic rings. The molecule has 1 aliphatic carbocycles. The van der Waals surface area contributed by atoms with Crippen molar-refractivity contribution < 1.29 is 32.7 Å². The van der Waals surface area contributed by atoms with E-state index < -0.39 is 34.9 Å². The zero-order valence-corrected chi connectivity index (χ0v) is 20.7. The van der Waals surface area contributed by atoms with Gasteiger partial charge >= 0.3 is 12.2 Å². The van der Waals surface area contributed by atoms with Gasteiger partial charge in [0.2, 0.25) is 11.8 Å². The third-order valence-corrected chi connectivity index (χ3v) is 7.89. The molecule has 12 heteroatoms. The molecule has 0 unspecified atom stereocenters. The van der Waals surface area contributed by atoms with Gasteiger partial charge in [0, 0.05) is 44.8 Å². The molecule has 2 saturated heterocycles. The largest absolute Gasteiger partial charge is 0.417 e. The van der Waals surface area contributed by atoms with Crippen molar-refractivity contribution in [3.8, 4) is 0 Å². The molecule has 1 saturated carbocycles. The average molecular weight is 531 g/mol. The Morgan fingerprint density at radius 3 is 2.53 bits per heavy atom. The summed E-state index contributed by atoms with van der Waals surface area (Å²) in [6.07, 6.45) is -1.43. The molecule has 0 aromatic heterocycles. The second-order valence-electron chi connectivity index (χ2n) is 9.89. The van der Waals surface area contributed by atoms with Gasteiger partial charge in [-0.25, -0.2) is 4.79 Å². The number of anilines is 1. The van der Waals surface area contributed by atoms with Crippen molar-refractivity contribution in [2.24, 2.45) is 5.41 Å². The van der Waals surface area contributed by atoms with Crippen LogP contribution in [0.15, 0.2) is 18.2 Å². The summed E-state index contributed by atoms with van der Waals surface area (Å²) >= 11 is 5.71. The molecule has 3 fully saturated rings. The maximum absolute atomic E-state index is 12.9. The van der Waals surface area contributed by atoms with E-state index >= 15 is 0 Å². The summed E-state index contributed by atoms with van der Waals surface area (Å²) in [4.78, 5) is 42.7. The van der Waals surface area contributed by atoms with E-state index in [2.05, 4.69) is 5.32 Å². The van der Waals surface area contributed by atoms with Gasteiger partial charge in [0.1, 0.15) is 6.04 Å². The van der Waals surface area contributed by atoms with Gasteiger partial charge in [-0.1, -0.05) is 11.6 Å². The standard InChI is InChI=1S/C24H30ClF3N4O4/c1-15-21(35)30(9-2-3-20(34)31-10-8-23(6-7-23)19(33)14-31)11-12-32(15)22(36)29-16-4-5-17(18(25)13-16)24(26,27)28/h4-5,13,15,19,33H,2-3,6-12,14H2,1H3,(H,29,36)/t15-,19+/m0/s1. The lowest BCUT2D eigenvalue weighted by molar-refractivity contribution is -0.140. The summed E-state index contributed by atoms with van der Waals surface area (Å²) in [6, 6.07) is 1.54. The molecule has 36 heavy (non-hydrogen) atoms. The molecule has 198 valence electrons. The fourth-order valence-electron chi connectivity index (χ4n) is 5.01. The Hall–Kier alpha value is -2.53. The fraction of sp³-hybridized carbons (Fsp3) is 0.625. The number of alkyl halides is 3. The fourth-order valence-corrected chi connectivity index (χ4v) is 5.30. The van der Waals surface area contributed by atoms with Crippen LogP contribution in [0.4, 0.5) is 23.7 Å². The second-order valence-corrected chi connectivity index (χ2v) is 10.3. The molecular weight excluding hydrogens is 501 g/mol. The zero-order chi connectivity index (χ0) is 26.3. The highest BCUT2D eigenvalue weighted by atomic mass is 35.5. The van der Waals surface area contributed by atoms with E-state index in [0.29, 0.717) is 26.1 Å². The number of hydrogen-bond acceptors (Lipinski definition) is 4. The van der Waals surface area contributed by atoms with Crippen LogP contribution in [0.25, 0.3) is 0 Å². The molecule has 2 atom stereocenters. The van der Waals surface area contributed by atoms with E-state index in [1.54, 1.807) is 16.7 Å². The van der Waals surface area contributed by atoms with Crippen molar-refractivity contribution >= 4 is 35.1 Å². The summed E-state index contributed by atoms with van der Waals surface area (Å²) < 4.78 is 38.7. The topological polar surface area (TPSA) is 93.2 Å². The molecular formula is C24H30ClF3N4O4. The lowest BCUT2D eigenvalue weighted by Gasteiger charge is -2.39. The molecule has 8 nitrogen and oxygen atoms in total. The van der Waals surface area contributed by atoms with Gasteiger partial charge in [-0.15, -0.1) is 0 Å². The number of hydrogen-bond donors (Lipinski definition) is 2. The third kappa shape index (κ3) is 5.56. The molecule has 2 aliphatic heterocycles. The minimum Gasteiger partial charge on any atom is -0.391 e. The number of rotatable bonds is 5. The van der Waals surface area contributed by atoms with Crippen LogP contribution in [0.2, 0.25) is 5.02 Å². The summed E-state index contributed by atoms with van der Waals surface area (Å²) in [5.41, 5.74) is -0.875. The number of β-amino-alcohol motifs (C(OH)–C–C–N with tert-alkyl or cyclic N) is 1. The molecule has 4 rings (SSSR count). The highest BCUT2D eigenvalue weighted by molar-refractivity contribution is 6.31. The number of aliphatic hydroxyl groups excluding tert-OH is 1. The minimum atomic E-state index is -4.60. The molecule has 1 aromatic rings. The lowest BCUT2D eigenvalue weighted by atomic mass is 9.90. The molecule has 2 heterocycles. The molecule has 2 N–H and O–H groups in total. The quantitative estimate of drug-likeness (QED) is 0.608. The number of benzene rings is 1. The summed E-state index contributed by atoms with van der Waals surface area (Å²) in [6.45, 7) is 3.50. The average Bonchev–Trinajstić information content (AvgIpc) is 3.58. The number of amides is 4. The van der Waals surface area contributed by atoms with Gasteiger partial charge in [0.15, 0.2) is 0 Å². The van der Waals surface area contributed by atoms with Crippen molar-refractivity contribution in [1.29, 1.82) is 0 Å². The van der Waals surface area contributed by atoms with Gasteiger partial charge in [-0.05, 0) is 56.2 Å². The molecule has 4 amide bonds. The van der Waals surface area contributed by atoms with Crippen LogP contribution in [-0.4, -0.2) is 82.5 Å². The van der Waals surface area contributed by atoms with Gasteiger partial charge in [0.05, 0.1) is 16.7 Å². The Morgan fingerprint density at radius 1 is 1.19 bits per heavy atom. The molecule has 1 aromatic carbocycles. The normalized spacial score (nSPS) is 23.7. The van der Waals surface area contributed by atoms with Crippen molar-refractivity contribution in [2.45, 2.75) is 57.3 Å². The van der Waals surface area contributed by atoms with Crippen LogP contribution in [0.5, 0.6) is 0 Å². The Morgan fingerprint density at radius 2 is 1.92 bits per heavy atom. The molecule has 0 bridgehead atoms. The second kappa shape index (κ2) is 10.1. The van der Waals surface area contributed by atoms with E-state index in [1.807, 2.05) is 0 Å². The van der Waals surface area contributed by atoms with Crippen molar-refractivity contribution in [3.63, 3.8) is 0 Å². The Balaban J connectivity index is 1.24. The van der Waals surface area contributed by atoms with E-state index in [1.165, 1.54) is 4.90 Å². The number of nitrogens with one attached hydrogen (secondary N) is 1. The van der Waals surface area contributed by atoms with Gasteiger partial charge in [0.25, 0.3) is 0 Å². The first-order chi connectivity index (χ1) is 16.9. The van der Waals surface area contributed by atoms with E-state index in [0.717, 1.165) is 37.5 Å². The van der Waals surface area contributed by atoms with Crippen LogP contribution in [0.3, 0.4) is 0 Å². The highest BCUT2D eigenvalue weighted by Crippen LogP contribution is 2.53. The van der Waals surface area contributed by atoms with Crippen LogP contribution in [0.1, 0.15) is 44.6 Å². The zero-order valence-electron chi connectivity index (χ0n) is 20.0. The number of piperidine rings is 1. The number of urea groups is 1. The van der Waals surface area contributed by atoms with E-state index in [4.69, 9.17) is 11.6 Å². The van der Waals surface area contributed by atoms with Crippen LogP contribution < -0.4 is 5.32 Å². The van der Waals surface area contributed by atoms with Crippen LogP contribution in [-0.2, 0) is 15.8 Å². The molecule has 0 radical (unpaired) electrons. The Bertz CT molecular complexity index is 1030. The van der Waals surface area contributed by atoms with Crippen LogP contribution >= 0.6 is 11.6 Å².